The number of halogens is 2. The van der Waals surface area contributed by atoms with Crippen LogP contribution in [0.15, 0.2) is 0 Å². The van der Waals surface area contributed by atoms with Crippen LogP contribution >= 0.6 is 24.8 Å². The van der Waals surface area contributed by atoms with Crippen LogP contribution in [0.5, 0.6) is 0 Å². The summed E-state index contributed by atoms with van der Waals surface area (Å²) in [5.41, 5.74) is 0.0310. The number of carboxylic acids is 1. The van der Waals surface area contributed by atoms with Gasteiger partial charge in [0.15, 0.2) is 0 Å². The molecule has 7 heteroatoms. The first kappa shape index (κ1) is 17.9. The number of hydrogen-bond donors (Lipinski definition) is 3. The Kier molecular flexibility index (Phi) is 7.47. The second-order valence-corrected chi connectivity index (χ2v) is 5.08. The first-order chi connectivity index (χ1) is 7.66. The minimum atomic E-state index is -0.724. The Bertz CT molecular complexity index is 281. The lowest BCUT2D eigenvalue weighted by molar-refractivity contribution is -0.137. The number of nitrogens with one attached hydrogen (secondary N) is 1. The molecule has 0 aromatic rings. The van der Waals surface area contributed by atoms with Gasteiger partial charge in [0, 0.05) is 31.5 Å². The van der Waals surface area contributed by atoms with Gasteiger partial charge in [-0.25, -0.2) is 0 Å². The lowest BCUT2D eigenvalue weighted by Crippen LogP contribution is -2.36. The average molecular weight is 301 g/mol. The molecule has 108 valence electrons. The number of carbonyl (C=O) groups is 1. The highest BCUT2D eigenvalue weighted by Gasteiger charge is 2.48. The highest BCUT2D eigenvalue weighted by atomic mass is 35.5. The van der Waals surface area contributed by atoms with E-state index in [1.807, 2.05) is 0 Å². The molecule has 5 nitrogen and oxygen atoms in total. The van der Waals surface area contributed by atoms with E-state index in [4.69, 9.17) is 5.11 Å². The molecule has 0 radical (unpaired) electrons. The molecular weight excluding hydrogens is 279 g/mol. The van der Waals surface area contributed by atoms with E-state index in [1.54, 1.807) is 0 Å². The molecule has 18 heavy (non-hydrogen) atoms. The Labute approximate surface area is 120 Å². The summed E-state index contributed by atoms with van der Waals surface area (Å²) in [4.78, 5) is 12.7. The maximum absolute atomic E-state index is 10.4. The number of carboxylic acid groups (broad SMARTS) is 1. The average Bonchev–Trinajstić information content (AvgIpc) is 2.73. The lowest BCUT2D eigenvalue weighted by atomic mass is 9.82. The highest BCUT2D eigenvalue weighted by molar-refractivity contribution is 5.85. The van der Waals surface area contributed by atoms with Crippen molar-refractivity contribution in [3.63, 3.8) is 0 Å². The molecule has 2 atom stereocenters. The van der Waals surface area contributed by atoms with E-state index in [2.05, 4.69) is 10.2 Å². The molecule has 2 unspecified atom stereocenters. The Morgan fingerprint density at radius 3 is 2.72 bits per heavy atom. The molecule has 0 bridgehead atoms. The van der Waals surface area contributed by atoms with Crippen LogP contribution in [0, 0.1) is 11.3 Å². The van der Waals surface area contributed by atoms with Gasteiger partial charge in [-0.3, -0.25) is 4.79 Å². The molecule has 2 fully saturated rings. The third-order valence-electron chi connectivity index (χ3n) is 3.93. The molecule has 3 N–H and O–H groups in total. The van der Waals surface area contributed by atoms with Crippen molar-refractivity contribution in [3.8, 4) is 0 Å². The minimum absolute atomic E-state index is 0. The molecule has 2 saturated heterocycles. The predicted molar refractivity (Wildman–Crippen MR) is 73.7 cm³/mol. The summed E-state index contributed by atoms with van der Waals surface area (Å²) in [6.45, 7) is 4.85. The topological polar surface area (TPSA) is 72.8 Å². The van der Waals surface area contributed by atoms with Gasteiger partial charge in [-0.2, -0.15) is 0 Å². The molecule has 0 aromatic carbocycles. The third kappa shape index (κ3) is 3.71. The molecule has 0 saturated carbocycles. The molecule has 0 aliphatic carbocycles. The van der Waals surface area contributed by atoms with E-state index in [1.165, 1.54) is 0 Å². The van der Waals surface area contributed by atoms with Gasteiger partial charge in [0.25, 0.3) is 0 Å². The Hall–Kier alpha value is -0.0700. The zero-order valence-corrected chi connectivity index (χ0v) is 11.9. The van der Waals surface area contributed by atoms with Crippen LogP contribution in [0.4, 0.5) is 0 Å². The quantitative estimate of drug-likeness (QED) is 0.677. The molecule has 0 aromatic heterocycles. The molecule has 2 heterocycles. The second kappa shape index (κ2) is 7.50. The van der Waals surface area contributed by atoms with Crippen LogP contribution in [0.2, 0.25) is 0 Å². The smallest absolute Gasteiger partial charge is 0.303 e. The largest absolute Gasteiger partial charge is 0.481 e. The Morgan fingerprint density at radius 2 is 2.17 bits per heavy atom. The van der Waals surface area contributed by atoms with Gasteiger partial charge in [0.2, 0.25) is 0 Å². The lowest BCUT2D eigenvalue weighted by Gasteiger charge is -2.25. The normalized spacial score (nSPS) is 30.4. The van der Waals surface area contributed by atoms with E-state index >= 15 is 0 Å². The van der Waals surface area contributed by atoms with Crippen LogP contribution in [0.25, 0.3) is 0 Å². The van der Waals surface area contributed by atoms with Crippen molar-refractivity contribution in [3.05, 3.63) is 0 Å². The van der Waals surface area contributed by atoms with Gasteiger partial charge in [-0.15, -0.1) is 24.8 Å². The van der Waals surface area contributed by atoms with Crippen LogP contribution in [0.1, 0.15) is 12.8 Å². The number of fused-ring (bicyclic) bond motifs is 1. The maximum atomic E-state index is 10.4. The summed E-state index contributed by atoms with van der Waals surface area (Å²) in [5.74, 6) is -0.194. The number of aliphatic hydroxyl groups is 1. The summed E-state index contributed by atoms with van der Waals surface area (Å²) in [6, 6.07) is 0. The third-order valence-corrected chi connectivity index (χ3v) is 3.93. The summed E-state index contributed by atoms with van der Waals surface area (Å²) < 4.78 is 0. The van der Waals surface area contributed by atoms with Crippen LogP contribution in [0.3, 0.4) is 0 Å². The number of aliphatic carboxylic acids is 1. The van der Waals surface area contributed by atoms with Crippen molar-refractivity contribution in [2.75, 3.05) is 39.3 Å². The standard InChI is InChI=1S/C11H20N2O3.2ClH/c14-8-11-6-12-4-9(11)5-13(7-11)3-1-2-10(15)16;;/h9,12,14H,1-8H2,(H,15,16);2*1H. The highest BCUT2D eigenvalue weighted by Crippen LogP contribution is 2.38. The number of nitrogens with zero attached hydrogens (tertiary/aromatic N) is 1. The minimum Gasteiger partial charge on any atom is -0.481 e. The van der Waals surface area contributed by atoms with Gasteiger partial charge in [0.1, 0.15) is 0 Å². The molecule has 0 amide bonds. The number of rotatable bonds is 5. The van der Waals surface area contributed by atoms with Crippen molar-refractivity contribution < 1.29 is 15.0 Å². The molecule has 0 spiro atoms. The summed E-state index contributed by atoms with van der Waals surface area (Å²) >= 11 is 0. The van der Waals surface area contributed by atoms with Gasteiger partial charge >= 0.3 is 5.97 Å². The molecular formula is C11H22Cl2N2O3. The van der Waals surface area contributed by atoms with Gasteiger partial charge in [0.05, 0.1) is 6.61 Å². The van der Waals surface area contributed by atoms with Crippen molar-refractivity contribution in [2.45, 2.75) is 12.8 Å². The van der Waals surface area contributed by atoms with Crippen molar-refractivity contribution >= 4 is 30.8 Å². The van der Waals surface area contributed by atoms with Gasteiger partial charge < -0.3 is 20.4 Å². The maximum Gasteiger partial charge on any atom is 0.303 e. The fourth-order valence-corrected chi connectivity index (χ4v) is 2.98. The summed E-state index contributed by atoms with van der Waals surface area (Å²) in [5, 5.41) is 21.4. The fourth-order valence-electron chi connectivity index (χ4n) is 2.98. The summed E-state index contributed by atoms with van der Waals surface area (Å²) in [6.07, 6.45) is 0.947. The van der Waals surface area contributed by atoms with Crippen LogP contribution in [-0.2, 0) is 4.79 Å². The predicted octanol–water partition coefficient (Wildman–Crippen LogP) is 0.208. The van der Waals surface area contributed by atoms with Gasteiger partial charge in [-0.1, -0.05) is 0 Å². The van der Waals surface area contributed by atoms with E-state index in [-0.39, 0.29) is 43.3 Å². The monoisotopic (exact) mass is 300 g/mol. The van der Waals surface area contributed by atoms with Crippen molar-refractivity contribution in [1.29, 1.82) is 0 Å². The van der Waals surface area contributed by atoms with E-state index in [0.29, 0.717) is 12.3 Å². The first-order valence-electron chi connectivity index (χ1n) is 5.92. The second-order valence-electron chi connectivity index (χ2n) is 5.08. The SMILES string of the molecule is Cl.Cl.O=C(O)CCCN1CC2CNCC2(CO)C1. The van der Waals surface area contributed by atoms with E-state index in [0.717, 1.165) is 32.7 Å². The van der Waals surface area contributed by atoms with Crippen LogP contribution < -0.4 is 5.32 Å². The van der Waals surface area contributed by atoms with Crippen molar-refractivity contribution in [1.82, 2.24) is 10.2 Å². The van der Waals surface area contributed by atoms with Crippen LogP contribution in [-0.4, -0.2) is 60.4 Å². The van der Waals surface area contributed by atoms with E-state index in [9.17, 15) is 9.90 Å². The number of likely N-dealkylation sites (tertiary alicyclic amines) is 1. The Balaban J connectivity index is 0.00000144. The zero-order valence-electron chi connectivity index (χ0n) is 10.3. The number of aliphatic hydroxyl groups excluding tert-OH is 1. The first-order valence-corrected chi connectivity index (χ1v) is 5.92. The van der Waals surface area contributed by atoms with Gasteiger partial charge in [-0.05, 0) is 25.4 Å². The fraction of sp³-hybridized carbons (Fsp3) is 0.909. The van der Waals surface area contributed by atoms with Crippen molar-refractivity contribution in [2.24, 2.45) is 11.3 Å². The molecule has 2 rings (SSSR count). The molecule has 2 aliphatic rings. The number of hydrogen-bond acceptors (Lipinski definition) is 4. The van der Waals surface area contributed by atoms with E-state index < -0.39 is 5.97 Å². The summed E-state index contributed by atoms with van der Waals surface area (Å²) in [7, 11) is 0. The Morgan fingerprint density at radius 1 is 1.44 bits per heavy atom. The molecule has 2 aliphatic heterocycles. The zero-order chi connectivity index (χ0) is 11.6.